The Morgan fingerprint density at radius 2 is 1.88 bits per heavy atom. The first-order chi connectivity index (χ1) is 15.9. The number of amides is 2. The van der Waals surface area contributed by atoms with Gasteiger partial charge in [-0.05, 0) is 67.8 Å². The molecule has 1 unspecified atom stereocenters. The van der Waals surface area contributed by atoms with E-state index in [9.17, 15) is 9.59 Å². The van der Waals surface area contributed by atoms with Gasteiger partial charge in [0.15, 0.2) is 0 Å². The number of pyridine rings is 1. The highest BCUT2D eigenvalue weighted by molar-refractivity contribution is 6.39. The van der Waals surface area contributed by atoms with Crippen molar-refractivity contribution in [3.05, 3.63) is 83.6 Å². The van der Waals surface area contributed by atoms with E-state index in [0.717, 1.165) is 11.1 Å². The number of hydrogen-bond donors (Lipinski definition) is 2. The molecule has 33 heavy (non-hydrogen) atoms. The van der Waals surface area contributed by atoms with E-state index in [1.54, 1.807) is 37.4 Å². The van der Waals surface area contributed by atoms with Gasteiger partial charge in [-0.15, -0.1) is 0 Å². The maximum absolute atomic E-state index is 12.8. The van der Waals surface area contributed by atoms with Crippen molar-refractivity contribution < 1.29 is 14.3 Å². The number of aryl methyl sites for hydroxylation is 2. The topological polar surface area (TPSA) is 95.9 Å². The summed E-state index contributed by atoms with van der Waals surface area (Å²) in [6.45, 7) is 5.98. The Hall–Kier alpha value is -4.20. The predicted molar refractivity (Wildman–Crippen MR) is 126 cm³/mol. The molecule has 0 saturated heterocycles. The average Bonchev–Trinajstić information content (AvgIpc) is 2.82. The lowest BCUT2D eigenvalue weighted by Gasteiger charge is -2.30. The van der Waals surface area contributed by atoms with Gasteiger partial charge >= 0.3 is 0 Å². The number of nitrogens with one attached hydrogen (secondary N) is 2. The average molecular weight is 444 g/mol. The van der Waals surface area contributed by atoms with Crippen molar-refractivity contribution in [3.8, 4) is 11.6 Å². The first kappa shape index (κ1) is 22.0. The van der Waals surface area contributed by atoms with E-state index in [0.29, 0.717) is 17.3 Å². The number of carbonyl (C=O) groups excluding carboxylic acids is 2. The molecule has 0 fully saturated rings. The van der Waals surface area contributed by atoms with Crippen LogP contribution in [0.1, 0.15) is 23.6 Å². The van der Waals surface area contributed by atoms with Gasteiger partial charge in [-0.25, -0.2) is 15.0 Å². The van der Waals surface area contributed by atoms with E-state index in [1.807, 2.05) is 50.2 Å². The number of aliphatic imine (C=N–C) groups is 1. The molecule has 0 spiro atoms. The number of nitrogens with zero attached hydrogens (tertiary/aromatic N) is 3. The highest BCUT2D eigenvalue weighted by atomic mass is 16.5. The van der Waals surface area contributed by atoms with Gasteiger partial charge in [-0.2, -0.15) is 0 Å². The lowest BCUT2D eigenvalue weighted by molar-refractivity contribution is -0.120. The number of hydrazine groups is 1. The second kappa shape index (κ2) is 9.52. The zero-order chi connectivity index (χ0) is 23.4. The summed E-state index contributed by atoms with van der Waals surface area (Å²) >= 11 is 0. The molecule has 4 rings (SSSR count). The molecule has 168 valence electrons. The molecule has 0 radical (unpaired) electrons. The van der Waals surface area contributed by atoms with Crippen molar-refractivity contribution in [1.29, 1.82) is 0 Å². The van der Waals surface area contributed by atoms with Crippen LogP contribution in [-0.2, 0) is 16.1 Å². The summed E-state index contributed by atoms with van der Waals surface area (Å²) in [4.78, 5) is 33.7. The Morgan fingerprint density at radius 1 is 1.09 bits per heavy atom. The molecule has 2 amide bonds. The summed E-state index contributed by atoms with van der Waals surface area (Å²) in [6, 6.07) is 17.8. The van der Waals surface area contributed by atoms with Crippen LogP contribution in [0.5, 0.6) is 11.6 Å². The number of carbonyl (C=O) groups is 2. The SMILES string of the molecule is Cc1ccc(Oc2cc(CNC(=O)C3=NC(C)C(=O)N(c4ccccc4)N3)ccn2)cc1C. The molecular formula is C25H25N5O3. The third-order valence-corrected chi connectivity index (χ3v) is 5.30. The second-order valence-corrected chi connectivity index (χ2v) is 7.81. The van der Waals surface area contributed by atoms with Crippen LogP contribution in [0.25, 0.3) is 0 Å². The molecule has 1 aromatic heterocycles. The first-order valence-electron chi connectivity index (χ1n) is 10.6. The minimum atomic E-state index is -0.675. The Balaban J connectivity index is 1.41. The highest BCUT2D eigenvalue weighted by Crippen LogP contribution is 2.23. The van der Waals surface area contributed by atoms with Crippen LogP contribution in [0, 0.1) is 13.8 Å². The molecule has 1 atom stereocenters. The van der Waals surface area contributed by atoms with E-state index in [-0.39, 0.29) is 18.3 Å². The zero-order valence-electron chi connectivity index (χ0n) is 18.7. The van der Waals surface area contributed by atoms with Crippen LogP contribution in [0.4, 0.5) is 5.69 Å². The Kier molecular flexibility index (Phi) is 6.35. The van der Waals surface area contributed by atoms with Crippen molar-refractivity contribution >= 4 is 23.3 Å². The summed E-state index contributed by atoms with van der Waals surface area (Å²) in [5.41, 5.74) is 6.60. The van der Waals surface area contributed by atoms with Gasteiger partial charge in [0.05, 0.1) is 5.69 Å². The van der Waals surface area contributed by atoms with Gasteiger partial charge in [0, 0.05) is 18.8 Å². The number of amidine groups is 1. The van der Waals surface area contributed by atoms with Gasteiger partial charge < -0.3 is 10.1 Å². The molecule has 8 heteroatoms. The molecule has 1 aliphatic heterocycles. The molecule has 2 heterocycles. The molecule has 0 saturated carbocycles. The van der Waals surface area contributed by atoms with Crippen LogP contribution >= 0.6 is 0 Å². The normalized spacial score (nSPS) is 15.5. The molecule has 3 aromatic rings. The summed E-state index contributed by atoms with van der Waals surface area (Å²) in [5, 5.41) is 4.17. The van der Waals surface area contributed by atoms with Crippen LogP contribution < -0.4 is 20.5 Å². The quantitative estimate of drug-likeness (QED) is 0.608. The third kappa shape index (κ3) is 5.17. The van der Waals surface area contributed by atoms with E-state index >= 15 is 0 Å². The maximum atomic E-state index is 12.8. The largest absolute Gasteiger partial charge is 0.439 e. The standard InChI is InChI=1S/C25H25N5O3/c1-16-9-10-21(13-17(16)2)33-22-14-19(11-12-26-22)15-27-24(31)23-28-18(3)25(32)30(29-23)20-7-5-4-6-8-20/h4-14,18H,15H2,1-3H3,(H,27,31)(H,28,29). The summed E-state index contributed by atoms with van der Waals surface area (Å²) in [5.74, 6) is 0.565. The van der Waals surface area contributed by atoms with Crippen molar-refractivity contribution in [2.24, 2.45) is 4.99 Å². The molecule has 0 bridgehead atoms. The predicted octanol–water partition coefficient (Wildman–Crippen LogP) is 3.45. The number of benzene rings is 2. The molecule has 8 nitrogen and oxygen atoms in total. The number of hydrogen-bond acceptors (Lipinski definition) is 6. The molecular weight excluding hydrogens is 418 g/mol. The lowest BCUT2D eigenvalue weighted by atomic mass is 10.1. The Morgan fingerprint density at radius 3 is 2.64 bits per heavy atom. The number of rotatable bonds is 6. The number of anilines is 1. The lowest BCUT2D eigenvalue weighted by Crippen LogP contribution is -2.57. The minimum Gasteiger partial charge on any atom is -0.439 e. The number of aromatic nitrogens is 1. The monoisotopic (exact) mass is 443 g/mol. The summed E-state index contributed by atoms with van der Waals surface area (Å²) in [7, 11) is 0. The zero-order valence-corrected chi connectivity index (χ0v) is 18.7. The minimum absolute atomic E-state index is 0.0756. The van der Waals surface area contributed by atoms with E-state index in [4.69, 9.17) is 4.74 Å². The maximum Gasteiger partial charge on any atom is 0.288 e. The van der Waals surface area contributed by atoms with Gasteiger partial charge in [-0.1, -0.05) is 24.3 Å². The summed E-state index contributed by atoms with van der Waals surface area (Å²) in [6.07, 6.45) is 1.63. The smallest absolute Gasteiger partial charge is 0.288 e. The van der Waals surface area contributed by atoms with Gasteiger partial charge in [0.2, 0.25) is 11.7 Å². The molecule has 0 aliphatic carbocycles. The van der Waals surface area contributed by atoms with E-state index < -0.39 is 11.9 Å². The van der Waals surface area contributed by atoms with Crippen molar-refractivity contribution in [3.63, 3.8) is 0 Å². The van der Waals surface area contributed by atoms with Crippen LogP contribution in [0.3, 0.4) is 0 Å². The van der Waals surface area contributed by atoms with Crippen LogP contribution in [0.2, 0.25) is 0 Å². The van der Waals surface area contributed by atoms with Gasteiger partial charge in [0.1, 0.15) is 11.8 Å². The third-order valence-electron chi connectivity index (χ3n) is 5.30. The number of para-hydroxylation sites is 1. The fourth-order valence-corrected chi connectivity index (χ4v) is 3.28. The van der Waals surface area contributed by atoms with Gasteiger partial charge in [-0.3, -0.25) is 15.0 Å². The highest BCUT2D eigenvalue weighted by Gasteiger charge is 2.30. The molecule has 2 aromatic carbocycles. The van der Waals surface area contributed by atoms with E-state index in [1.165, 1.54) is 10.6 Å². The Labute approximate surface area is 192 Å². The molecule has 2 N–H and O–H groups in total. The van der Waals surface area contributed by atoms with Crippen molar-refractivity contribution in [2.45, 2.75) is 33.4 Å². The van der Waals surface area contributed by atoms with Crippen LogP contribution in [-0.4, -0.2) is 28.7 Å². The van der Waals surface area contributed by atoms with Crippen LogP contribution in [0.15, 0.2) is 71.9 Å². The first-order valence-corrected chi connectivity index (χ1v) is 10.6. The van der Waals surface area contributed by atoms with Gasteiger partial charge in [0.25, 0.3) is 11.8 Å². The van der Waals surface area contributed by atoms with Crippen molar-refractivity contribution in [2.75, 3.05) is 5.01 Å². The Bertz CT molecular complexity index is 1210. The second-order valence-electron chi connectivity index (χ2n) is 7.81. The fraction of sp³-hybridized carbons (Fsp3) is 0.200. The molecule has 1 aliphatic rings. The fourth-order valence-electron chi connectivity index (χ4n) is 3.28. The summed E-state index contributed by atoms with van der Waals surface area (Å²) < 4.78 is 5.86. The number of ether oxygens (including phenoxy) is 1. The van der Waals surface area contributed by atoms with E-state index in [2.05, 4.69) is 20.7 Å². The van der Waals surface area contributed by atoms with Crippen molar-refractivity contribution in [1.82, 2.24) is 15.7 Å².